The van der Waals surface area contributed by atoms with E-state index in [9.17, 15) is 9.59 Å². The molecule has 1 aromatic heterocycles. The lowest BCUT2D eigenvalue weighted by Crippen LogP contribution is -2.34. The molecule has 0 aliphatic rings. The van der Waals surface area contributed by atoms with Crippen LogP contribution < -0.4 is 20.3 Å². The van der Waals surface area contributed by atoms with E-state index in [0.717, 1.165) is 5.69 Å². The number of benzene rings is 2. The first-order valence-corrected chi connectivity index (χ1v) is 9.41. The summed E-state index contributed by atoms with van der Waals surface area (Å²) in [5.74, 6) is 0.893. The Morgan fingerprint density at radius 1 is 1.07 bits per heavy atom. The Hall–Kier alpha value is -3.48. The normalized spacial score (nSPS) is 11.7. The highest BCUT2D eigenvalue weighted by Gasteiger charge is 2.23. The van der Waals surface area contributed by atoms with E-state index in [0.29, 0.717) is 23.6 Å². The zero-order valence-corrected chi connectivity index (χ0v) is 17.0. The third kappa shape index (κ3) is 4.18. The van der Waals surface area contributed by atoms with Crippen LogP contribution in [0.4, 0.5) is 5.69 Å². The fourth-order valence-electron chi connectivity index (χ4n) is 3.06. The molecule has 1 atom stereocenters. The van der Waals surface area contributed by atoms with Crippen molar-refractivity contribution in [1.29, 1.82) is 0 Å². The van der Waals surface area contributed by atoms with Crippen molar-refractivity contribution in [3.05, 3.63) is 70.6 Å². The Kier molecular flexibility index (Phi) is 6.07. The van der Waals surface area contributed by atoms with Gasteiger partial charge < -0.3 is 14.8 Å². The number of amides is 1. The van der Waals surface area contributed by atoms with Gasteiger partial charge in [0.05, 0.1) is 18.5 Å². The van der Waals surface area contributed by atoms with Crippen molar-refractivity contribution >= 4 is 11.6 Å². The maximum Gasteiger partial charge on any atom is 0.295 e. The Labute approximate surface area is 169 Å². The van der Waals surface area contributed by atoms with E-state index < -0.39 is 6.10 Å². The van der Waals surface area contributed by atoms with Gasteiger partial charge in [0.1, 0.15) is 17.2 Å². The average molecular weight is 395 g/mol. The molecule has 7 nitrogen and oxygen atoms in total. The van der Waals surface area contributed by atoms with E-state index >= 15 is 0 Å². The summed E-state index contributed by atoms with van der Waals surface area (Å²) in [5, 5.41) is 2.76. The monoisotopic (exact) mass is 395 g/mol. The number of para-hydroxylation sites is 1. The van der Waals surface area contributed by atoms with Gasteiger partial charge in [-0.1, -0.05) is 25.1 Å². The van der Waals surface area contributed by atoms with Crippen molar-refractivity contribution in [3.63, 3.8) is 0 Å². The van der Waals surface area contributed by atoms with Crippen LogP contribution in [0.3, 0.4) is 0 Å². The van der Waals surface area contributed by atoms with Gasteiger partial charge in [0.15, 0.2) is 6.10 Å². The van der Waals surface area contributed by atoms with E-state index in [2.05, 4.69) is 5.32 Å². The molecule has 1 heterocycles. The predicted molar refractivity (Wildman–Crippen MR) is 112 cm³/mol. The number of methoxy groups -OCH3 is 1. The Morgan fingerprint density at radius 3 is 2.28 bits per heavy atom. The highest BCUT2D eigenvalue weighted by Crippen LogP contribution is 2.20. The summed E-state index contributed by atoms with van der Waals surface area (Å²) in [6.07, 6.45) is -0.274. The number of nitrogens with one attached hydrogen (secondary N) is 1. The van der Waals surface area contributed by atoms with E-state index in [1.807, 2.05) is 37.3 Å². The van der Waals surface area contributed by atoms with E-state index in [-0.39, 0.29) is 17.2 Å². The number of carbonyl (C=O) groups is 1. The largest absolute Gasteiger partial charge is 0.497 e. The van der Waals surface area contributed by atoms with Gasteiger partial charge in [-0.2, -0.15) is 0 Å². The van der Waals surface area contributed by atoms with Gasteiger partial charge in [0, 0.05) is 7.05 Å². The summed E-state index contributed by atoms with van der Waals surface area (Å²) < 4.78 is 14.2. The third-order valence-electron chi connectivity index (χ3n) is 4.80. The van der Waals surface area contributed by atoms with Crippen LogP contribution in [0.2, 0.25) is 0 Å². The second-order valence-corrected chi connectivity index (χ2v) is 6.62. The molecule has 0 aliphatic carbocycles. The molecule has 152 valence electrons. The summed E-state index contributed by atoms with van der Waals surface area (Å²) in [4.78, 5) is 25.8. The molecule has 0 aliphatic heterocycles. The number of ether oxygens (including phenoxy) is 2. The highest BCUT2D eigenvalue weighted by molar-refractivity contribution is 5.94. The summed E-state index contributed by atoms with van der Waals surface area (Å²) in [5.41, 5.74) is 1.35. The molecular weight excluding hydrogens is 370 g/mol. The SMILES string of the molecule is CC[C@@H](Oc1ccc(OC)cc1)C(=O)Nc1c(C)n(C)n(-c2ccccc2)c1=O. The molecule has 0 saturated heterocycles. The molecule has 0 bridgehead atoms. The number of hydrogen-bond donors (Lipinski definition) is 1. The van der Waals surface area contributed by atoms with Crippen molar-refractivity contribution in [1.82, 2.24) is 9.36 Å². The lowest BCUT2D eigenvalue weighted by molar-refractivity contribution is -0.122. The van der Waals surface area contributed by atoms with E-state index in [4.69, 9.17) is 9.47 Å². The van der Waals surface area contributed by atoms with Gasteiger partial charge in [0.25, 0.3) is 11.5 Å². The molecule has 29 heavy (non-hydrogen) atoms. The van der Waals surface area contributed by atoms with Crippen LogP contribution in [0.5, 0.6) is 11.5 Å². The summed E-state index contributed by atoms with van der Waals surface area (Å²) in [6, 6.07) is 16.3. The van der Waals surface area contributed by atoms with Crippen molar-refractivity contribution in [2.45, 2.75) is 26.4 Å². The molecule has 0 unspecified atom stereocenters. The van der Waals surface area contributed by atoms with Gasteiger partial charge in [-0.05, 0) is 49.7 Å². The third-order valence-corrected chi connectivity index (χ3v) is 4.80. The standard InChI is InChI=1S/C22H25N3O4/c1-5-19(29-18-13-11-17(28-4)12-14-18)21(26)23-20-15(2)24(3)25(22(20)27)16-9-7-6-8-10-16/h6-14,19H,5H2,1-4H3,(H,23,26)/t19-/m1/s1. The molecule has 0 spiro atoms. The topological polar surface area (TPSA) is 74.5 Å². The zero-order valence-electron chi connectivity index (χ0n) is 17.0. The Balaban J connectivity index is 1.82. The van der Waals surface area contributed by atoms with Crippen LogP contribution in [0.1, 0.15) is 19.0 Å². The maximum atomic E-state index is 13.0. The number of hydrogen-bond acceptors (Lipinski definition) is 4. The summed E-state index contributed by atoms with van der Waals surface area (Å²) in [6.45, 7) is 3.65. The van der Waals surface area contributed by atoms with Crippen LogP contribution in [0.15, 0.2) is 59.4 Å². The molecule has 7 heteroatoms. The molecule has 1 amide bonds. The second-order valence-electron chi connectivity index (χ2n) is 6.62. The first-order valence-electron chi connectivity index (χ1n) is 9.41. The van der Waals surface area contributed by atoms with Crippen molar-refractivity contribution < 1.29 is 14.3 Å². The van der Waals surface area contributed by atoms with Crippen molar-refractivity contribution in [2.24, 2.45) is 7.05 Å². The van der Waals surface area contributed by atoms with Crippen LogP contribution in [0, 0.1) is 6.92 Å². The predicted octanol–water partition coefficient (Wildman–Crippen LogP) is 3.29. The Morgan fingerprint density at radius 2 is 1.69 bits per heavy atom. The van der Waals surface area contributed by atoms with Gasteiger partial charge in [-0.15, -0.1) is 0 Å². The lowest BCUT2D eigenvalue weighted by atomic mass is 10.2. The van der Waals surface area contributed by atoms with Gasteiger partial charge in [0.2, 0.25) is 0 Å². The number of rotatable bonds is 7. The second kappa shape index (κ2) is 8.68. The van der Waals surface area contributed by atoms with Gasteiger partial charge in [-0.3, -0.25) is 14.3 Å². The minimum absolute atomic E-state index is 0.248. The first-order chi connectivity index (χ1) is 14.0. The van der Waals surface area contributed by atoms with Gasteiger partial charge >= 0.3 is 0 Å². The quantitative estimate of drug-likeness (QED) is 0.666. The van der Waals surface area contributed by atoms with Gasteiger partial charge in [-0.25, -0.2) is 4.68 Å². The van der Waals surface area contributed by atoms with Crippen LogP contribution >= 0.6 is 0 Å². The molecule has 0 fully saturated rings. The number of aromatic nitrogens is 2. The van der Waals surface area contributed by atoms with Crippen molar-refractivity contribution in [2.75, 3.05) is 12.4 Å². The molecule has 0 radical (unpaired) electrons. The molecule has 0 saturated carbocycles. The van der Waals surface area contributed by atoms with Crippen LogP contribution in [0.25, 0.3) is 5.69 Å². The average Bonchev–Trinajstić information content (AvgIpc) is 2.96. The molecule has 1 N–H and O–H groups in total. The first kappa shape index (κ1) is 20.3. The minimum atomic E-state index is -0.729. The Bertz CT molecular complexity index is 1040. The maximum absolute atomic E-state index is 13.0. The number of nitrogens with zero attached hydrogens (tertiary/aromatic N) is 2. The molecule has 3 rings (SSSR count). The highest BCUT2D eigenvalue weighted by atomic mass is 16.5. The zero-order chi connectivity index (χ0) is 21.0. The van der Waals surface area contributed by atoms with E-state index in [1.54, 1.807) is 50.0 Å². The summed E-state index contributed by atoms with van der Waals surface area (Å²) in [7, 11) is 3.37. The van der Waals surface area contributed by atoms with Crippen LogP contribution in [-0.4, -0.2) is 28.5 Å². The molecule has 3 aromatic rings. The molecular formula is C22H25N3O4. The van der Waals surface area contributed by atoms with E-state index in [1.165, 1.54) is 4.68 Å². The fraction of sp³-hybridized carbons (Fsp3) is 0.273. The van der Waals surface area contributed by atoms with Crippen LogP contribution in [-0.2, 0) is 11.8 Å². The number of anilines is 1. The smallest absolute Gasteiger partial charge is 0.295 e. The number of carbonyl (C=O) groups excluding carboxylic acids is 1. The fourth-order valence-corrected chi connectivity index (χ4v) is 3.06. The lowest BCUT2D eigenvalue weighted by Gasteiger charge is -2.17. The van der Waals surface area contributed by atoms with Crippen molar-refractivity contribution in [3.8, 4) is 17.2 Å². The summed E-state index contributed by atoms with van der Waals surface area (Å²) >= 11 is 0. The molecule has 2 aromatic carbocycles. The minimum Gasteiger partial charge on any atom is -0.497 e.